The molecule has 1 aliphatic heterocycles. The minimum absolute atomic E-state index is 0.0401. The predicted molar refractivity (Wildman–Crippen MR) is 84.7 cm³/mol. The largest absolute Gasteiger partial charge is 0.358 e. The van der Waals surface area contributed by atoms with Crippen molar-refractivity contribution in [2.75, 3.05) is 26.7 Å². The lowest BCUT2D eigenvalue weighted by atomic mass is 9.98. The number of carbonyl (C=O) groups excluding carboxylic acids is 1. The van der Waals surface area contributed by atoms with E-state index in [4.69, 9.17) is 0 Å². The molecule has 1 saturated heterocycles. The van der Waals surface area contributed by atoms with E-state index >= 15 is 0 Å². The Morgan fingerprint density at radius 2 is 1.75 bits per heavy atom. The summed E-state index contributed by atoms with van der Waals surface area (Å²) in [5, 5.41) is 6.36. The van der Waals surface area contributed by atoms with Gasteiger partial charge in [0.1, 0.15) is 0 Å². The summed E-state index contributed by atoms with van der Waals surface area (Å²) in [7, 11) is 1.72. The van der Waals surface area contributed by atoms with E-state index in [2.05, 4.69) is 43.2 Å². The number of likely N-dealkylation sites (N-methyl/N-ethyl adjacent to an activating group) is 1. The van der Waals surface area contributed by atoms with Gasteiger partial charge in [-0.2, -0.15) is 0 Å². The number of likely N-dealkylation sites (tertiary alicyclic amines) is 1. The molecular weight excluding hydrogens is 250 g/mol. The molecule has 1 amide bonds. The summed E-state index contributed by atoms with van der Waals surface area (Å²) in [4.78, 5) is 14.5. The molecule has 0 aromatic rings. The Kier molecular flexibility index (Phi) is 7.52. The Morgan fingerprint density at radius 3 is 2.20 bits per heavy atom. The fourth-order valence-electron chi connectivity index (χ4n) is 2.98. The van der Waals surface area contributed by atoms with Gasteiger partial charge in [0.2, 0.25) is 5.91 Å². The summed E-state index contributed by atoms with van der Waals surface area (Å²) < 4.78 is 0. The third-order valence-corrected chi connectivity index (χ3v) is 3.92. The fraction of sp³-hybridized carbons (Fsp3) is 0.938. The van der Waals surface area contributed by atoms with Gasteiger partial charge in [-0.15, -0.1) is 0 Å². The number of piperidine rings is 1. The summed E-state index contributed by atoms with van der Waals surface area (Å²) in [5.74, 6) is 1.40. The molecule has 0 radical (unpaired) electrons. The van der Waals surface area contributed by atoms with E-state index in [1.807, 2.05) is 0 Å². The SMILES string of the molecule is CNC(=O)C(CC(C)C)NC1CCN(CC(C)C)CC1. The topological polar surface area (TPSA) is 44.4 Å². The fourth-order valence-corrected chi connectivity index (χ4v) is 2.98. The van der Waals surface area contributed by atoms with E-state index in [9.17, 15) is 4.79 Å². The molecule has 118 valence electrons. The van der Waals surface area contributed by atoms with Crippen molar-refractivity contribution in [3.8, 4) is 0 Å². The highest BCUT2D eigenvalue weighted by molar-refractivity contribution is 5.81. The molecule has 1 rings (SSSR count). The third kappa shape index (κ3) is 6.23. The van der Waals surface area contributed by atoms with E-state index in [0.717, 1.165) is 38.3 Å². The quantitative estimate of drug-likeness (QED) is 0.749. The zero-order valence-corrected chi connectivity index (χ0v) is 13.9. The van der Waals surface area contributed by atoms with E-state index in [1.54, 1.807) is 7.05 Å². The average molecular weight is 283 g/mol. The zero-order chi connectivity index (χ0) is 15.1. The number of rotatable bonds is 7. The van der Waals surface area contributed by atoms with Gasteiger partial charge >= 0.3 is 0 Å². The molecule has 1 fully saturated rings. The molecule has 20 heavy (non-hydrogen) atoms. The lowest BCUT2D eigenvalue weighted by Crippen LogP contribution is -2.51. The first kappa shape index (κ1) is 17.4. The van der Waals surface area contributed by atoms with Gasteiger partial charge in [-0.3, -0.25) is 4.79 Å². The summed E-state index contributed by atoms with van der Waals surface area (Å²) in [6, 6.07) is 0.445. The van der Waals surface area contributed by atoms with Crippen molar-refractivity contribution in [2.24, 2.45) is 11.8 Å². The van der Waals surface area contributed by atoms with Gasteiger partial charge in [-0.25, -0.2) is 0 Å². The third-order valence-electron chi connectivity index (χ3n) is 3.92. The van der Waals surface area contributed by atoms with Crippen LogP contribution in [-0.4, -0.2) is 49.6 Å². The molecule has 0 aromatic carbocycles. The summed E-state index contributed by atoms with van der Waals surface area (Å²) >= 11 is 0. The Balaban J connectivity index is 2.41. The van der Waals surface area contributed by atoms with Crippen LogP contribution in [0.1, 0.15) is 47.0 Å². The Labute approximate surface area is 124 Å². The van der Waals surface area contributed by atoms with Gasteiger partial charge in [0.15, 0.2) is 0 Å². The molecule has 4 nitrogen and oxygen atoms in total. The van der Waals surface area contributed by atoms with Crippen LogP contribution in [0.5, 0.6) is 0 Å². The van der Waals surface area contributed by atoms with Crippen LogP contribution in [-0.2, 0) is 4.79 Å². The molecule has 0 aromatic heterocycles. The van der Waals surface area contributed by atoms with Gasteiger partial charge in [-0.1, -0.05) is 27.7 Å². The number of hydrogen-bond acceptors (Lipinski definition) is 3. The summed E-state index contributed by atoms with van der Waals surface area (Å²) in [5.41, 5.74) is 0. The maximum Gasteiger partial charge on any atom is 0.236 e. The molecular formula is C16H33N3O. The molecule has 4 heteroatoms. The first-order valence-electron chi connectivity index (χ1n) is 8.12. The van der Waals surface area contributed by atoms with Crippen molar-refractivity contribution >= 4 is 5.91 Å². The van der Waals surface area contributed by atoms with Gasteiger partial charge in [-0.05, 0) is 44.2 Å². The van der Waals surface area contributed by atoms with Gasteiger partial charge < -0.3 is 15.5 Å². The molecule has 0 aliphatic carbocycles. The highest BCUT2D eigenvalue weighted by atomic mass is 16.2. The first-order chi connectivity index (χ1) is 9.42. The molecule has 1 heterocycles. The molecule has 1 atom stereocenters. The van der Waals surface area contributed by atoms with Crippen LogP contribution < -0.4 is 10.6 Å². The highest BCUT2D eigenvalue weighted by Gasteiger charge is 2.25. The lowest BCUT2D eigenvalue weighted by molar-refractivity contribution is -0.123. The van der Waals surface area contributed by atoms with Crippen LogP contribution in [0.4, 0.5) is 0 Å². The summed E-state index contributed by atoms with van der Waals surface area (Å²) in [6.45, 7) is 12.4. The number of nitrogens with zero attached hydrogens (tertiary/aromatic N) is 1. The van der Waals surface area contributed by atoms with Crippen LogP contribution in [0.15, 0.2) is 0 Å². The smallest absolute Gasteiger partial charge is 0.236 e. The maximum absolute atomic E-state index is 11.9. The number of nitrogens with one attached hydrogen (secondary N) is 2. The van der Waals surface area contributed by atoms with Crippen molar-refractivity contribution < 1.29 is 4.79 Å². The van der Waals surface area contributed by atoms with E-state index < -0.39 is 0 Å². The van der Waals surface area contributed by atoms with E-state index in [1.165, 1.54) is 6.54 Å². The van der Waals surface area contributed by atoms with Crippen LogP contribution in [0.25, 0.3) is 0 Å². The second-order valence-electron chi connectivity index (χ2n) is 6.93. The molecule has 2 N–H and O–H groups in total. The molecule has 1 unspecified atom stereocenters. The van der Waals surface area contributed by atoms with Gasteiger partial charge in [0.25, 0.3) is 0 Å². The molecule has 1 aliphatic rings. The lowest BCUT2D eigenvalue weighted by Gasteiger charge is -2.35. The van der Waals surface area contributed by atoms with Crippen LogP contribution in [0, 0.1) is 11.8 Å². The molecule has 0 saturated carbocycles. The average Bonchev–Trinajstić information content (AvgIpc) is 2.38. The van der Waals surface area contributed by atoms with Crippen LogP contribution in [0.2, 0.25) is 0 Å². The molecule has 0 spiro atoms. The predicted octanol–water partition coefficient (Wildman–Crippen LogP) is 1.86. The van der Waals surface area contributed by atoms with Crippen LogP contribution >= 0.6 is 0 Å². The highest BCUT2D eigenvalue weighted by Crippen LogP contribution is 2.14. The Bertz CT molecular complexity index is 283. The minimum Gasteiger partial charge on any atom is -0.358 e. The number of carbonyl (C=O) groups is 1. The second kappa shape index (κ2) is 8.63. The van der Waals surface area contributed by atoms with Crippen LogP contribution in [0.3, 0.4) is 0 Å². The van der Waals surface area contributed by atoms with E-state index in [-0.39, 0.29) is 11.9 Å². The van der Waals surface area contributed by atoms with Crippen molar-refractivity contribution in [3.63, 3.8) is 0 Å². The van der Waals surface area contributed by atoms with E-state index in [0.29, 0.717) is 12.0 Å². The van der Waals surface area contributed by atoms with Gasteiger partial charge in [0.05, 0.1) is 6.04 Å². The normalized spacial score (nSPS) is 19.6. The number of amides is 1. The molecule has 0 bridgehead atoms. The van der Waals surface area contributed by atoms with Crippen molar-refractivity contribution in [1.29, 1.82) is 0 Å². The maximum atomic E-state index is 11.9. The van der Waals surface area contributed by atoms with Crippen molar-refractivity contribution in [1.82, 2.24) is 15.5 Å². The minimum atomic E-state index is -0.0401. The number of hydrogen-bond donors (Lipinski definition) is 2. The zero-order valence-electron chi connectivity index (χ0n) is 13.9. The monoisotopic (exact) mass is 283 g/mol. The second-order valence-corrected chi connectivity index (χ2v) is 6.93. The van der Waals surface area contributed by atoms with Crippen molar-refractivity contribution in [3.05, 3.63) is 0 Å². The van der Waals surface area contributed by atoms with Crippen molar-refractivity contribution in [2.45, 2.75) is 59.0 Å². The first-order valence-corrected chi connectivity index (χ1v) is 8.12. The standard InChI is InChI=1S/C16H33N3O/c1-12(2)10-15(16(20)17-5)18-14-6-8-19(9-7-14)11-13(3)4/h12-15,18H,6-11H2,1-5H3,(H,17,20). The van der Waals surface area contributed by atoms with Gasteiger partial charge in [0, 0.05) is 19.6 Å². The Morgan fingerprint density at radius 1 is 1.15 bits per heavy atom. The Hall–Kier alpha value is -0.610. The summed E-state index contributed by atoms with van der Waals surface area (Å²) in [6.07, 6.45) is 3.21.